The molecular formula is C21H25NO4. The van der Waals surface area contributed by atoms with E-state index in [-0.39, 0.29) is 11.9 Å². The Hall–Kier alpha value is -2.95. The van der Waals surface area contributed by atoms with E-state index in [4.69, 9.17) is 14.2 Å². The average molecular weight is 355 g/mol. The predicted molar refractivity (Wildman–Crippen MR) is 103 cm³/mol. The predicted octanol–water partition coefficient (Wildman–Crippen LogP) is 3.99. The van der Waals surface area contributed by atoms with Crippen LogP contribution in [0.4, 0.5) is 0 Å². The van der Waals surface area contributed by atoms with Crippen molar-refractivity contribution in [2.75, 3.05) is 20.8 Å². The number of methoxy groups -OCH3 is 2. The van der Waals surface area contributed by atoms with E-state index in [9.17, 15) is 4.79 Å². The van der Waals surface area contributed by atoms with Crippen LogP contribution in [0.2, 0.25) is 0 Å². The Morgan fingerprint density at radius 3 is 2.38 bits per heavy atom. The molecule has 1 N–H and O–H groups in total. The molecule has 0 aromatic heterocycles. The molecule has 0 saturated carbocycles. The summed E-state index contributed by atoms with van der Waals surface area (Å²) in [5, 5.41) is 2.95. The minimum Gasteiger partial charge on any atom is -0.494 e. The highest BCUT2D eigenvalue weighted by Crippen LogP contribution is 2.28. The van der Waals surface area contributed by atoms with Crippen LogP contribution in [0.25, 0.3) is 6.08 Å². The summed E-state index contributed by atoms with van der Waals surface area (Å²) in [5.41, 5.74) is 1.87. The standard InChI is InChI=1S/C21H25NO4/c1-5-26-18-10-8-17(9-11-18)15(2)22-21(23)13-7-16-6-12-19(24-3)20(14-16)25-4/h6-15H,5H2,1-4H3,(H,22,23)/b13-7+/t15-/m0/s1. The topological polar surface area (TPSA) is 56.8 Å². The molecule has 0 fully saturated rings. The number of carbonyl (C=O) groups is 1. The van der Waals surface area contributed by atoms with Gasteiger partial charge in [-0.1, -0.05) is 18.2 Å². The van der Waals surface area contributed by atoms with Crippen molar-refractivity contribution in [3.63, 3.8) is 0 Å². The largest absolute Gasteiger partial charge is 0.494 e. The number of ether oxygens (including phenoxy) is 3. The maximum atomic E-state index is 12.2. The van der Waals surface area contributed by atoms with Crippen LogP contribution in [0, 0.1) is 0 Å². The van der Waals surface area contributed by atoms with Gasteiger partial charge in [-0.05, 0) is 55.3 Å². The highest BCUT2D eigenvalue weighted by Gasteiger charge is 2.08. The number of hydrogen-bond donors (Lipinski definition) is 1. The highest BCUT2D eigenvalue weighted by atomic mass is 16.5. The van der Waals surface area contributed by atoms with Gasteiger partial charge in [0, 0.05) is 6.08 Å². The average Bonchev–Trinajstić information content (AvgIpc) is 2.66. The van der Waals surface area contributed by atoms with Crippen LogP contribution in [0.1, 0.15) is 31.0 Å². The quantitative estimate of drug-likeness (QED) is 0.728. The van der Waals surface area contributed by atoms with Crippen LogP contribution in [0.15, 0.2) is 48.5 Å². The Bertz CT molecular complexity index is 753. The molecule has 26 heavy (non-hydrogen) atoms. The molecule has 2 aromatic carbocycles. The first kappa shape index (κ1) is 19.4. The number of nitrogens with one attached hydrogen (secondary N) is 1. The number of amides is 1. The maximum absolute atomic E-state index is 12.2. The van der Waals surface area contributed by atoms with Crippen molar-refractivity contribution in [2.24, 2.45) is 0 Å². The fourth-order valence-electron chi connectivity index (χ4n) is 2.49. The van der Waals surface area contributed by atoms with Crippen molar-refractivity contribution in [3.05, 3.63) is 59.7 Å². The van der Waals surface area contributed by atoms with E-state index >= 15 is 0 Å². The molecule has 0 aliphatic carbocycles. The van der Waals surface area contributed by atoms with Gasteiger partial charge >= 0.3 is 0 Å². The lowest BCUT2D eigenvalue weighted by Gasteiger charge is -2.13. The molecule has 2 aromatic rings. The second-order valence-electron chi connectivity index (χ2n) is 5.68. The van der Waals surface area contributed by atoms with E-state index in [0.717, 1.165) is 16.9 Å². The SMILES string of the molecule is CCOc1ccc([C@H](C)NC(=O)/C=C/c2ccc(OC)c(OC)c2)cc1. The smallest absolute Gasteiger partial charge is 0.244 e. The zero-order valence-electron chi connectivity index (χ0n) is 15.6. The Kier molecular flexibility index (Phi) is 7.09. The lowest BCUT2D eigenvalue weighted by Crippen LogP contribution is -2.24. The fourth-order valence-corrected chi connectivity index (χ4v) is 2.49. The monoisotopic (exact) mass is 355 g/mol. The lowest BCUT2D eigenvalue weighted by atomic mass is 10.1. The van der Waals surface area contributed by atoms with Gasteiger partial charge in [-0.2, -0.15) is 0 Å². The second-order valence-corrected chi connectivity index (χ2v) is 5.68. The molecule has 0 unspecified atom stereocenters. The van der Waals surface area contributed by atoms with Crippen molar-refractivity contribution in [2.45, 2.75) is 19.9 Å². The normalized spacial score (nSPS) is 11.8. The van der Waals surface area contributed by atoms with Crippen molar-refractivity contribution >= 4 is 12.0 Å². The van der Waals surface area contributed by atoms with Gasteiger partial charge in [0.15, 0.2) is 11.5 Å². The molecule has 1 atom stereocenters. The summed E-state index contributed by atoms with van der Waals surface area (Å²) < 4.78 is 15.9. The van der Waals surface area contributed by atoms with Crippen LogP contribution in [0.3, 0.4) is 0 Å². The van der Waals surface area contributed by atoms with Crippen molar-refractivity contribution in [1.29, 1.82) is 0 Å². The molecule has 0 saturated heterocycles. The minimum atomic E-state index is -0.166. The van der Waals surface area contributed by atoms with Crippen molar-refractivity contribution in [1.82, 2.24) is 5.32 Å². The first-order chi connectivity index (χ1) is 12.6. The van der Waals surface area contributed by atoms with E-state index < -0.39 is 0 Å². The Labute approximate surface area is 154 Å². The van der Waals surface area contributed by atoms with Crippen LogP contribution in [-0.2, 0) is 4.79 Å². The van der Waals surface area contributed by atoms with E-state index in [1.54, 1.807) is 26.4 Å². The lowest BCUT2D eigenvalue weighted by molar-refractivity contribution is -0.117. The van der Waals surface area contributed by atoms with Crippen LogP contribution in [-0.4, -0.2) is 26.7 Å². The number of carbonyl (C=O) groups excluding carboxylic acids is 1. The second kappa shape index (κ2) is 9.51. The third-order valence-corrected chi connectivity index (χ3v) is 3.88. The first-order valence-corrected chi connectivity index (χ1v) is 8.50. The van der Waals surface area contributed by atoms with E-state index in [1.807, 2.05) is 50.2 Å². The summed E-state index contributed by atoms with van der Waals surface area (Å²) in [6.45, 7) is 4.52. The summed E-state index contributed by atoms with van der Waals surface area (Å²) >= 11 is 0. The molecule has 0 aliphatic heterocycles. The van der Waals surface area contributed by atoms with Crippen LogP contribution < -0.4 is 19.5 Å². The van der Waals surface area contributed by atoms with Crippen LogP contribution >= 0.6 is 0 Å². The summed E-state index contributed by atoms with van der Waals surface area (Å²) in [4.78, 5) is 12.2. The van der Waals surface area contributed by atoms with Gasteiger partial charge in [0.1, 0.15) is 5.75 Å². The van der Waals surface area contributed by atoms with Gasteiger partial charge in [-0.15, -0.1) is 0 Å². The van der Waals surface area contributed by atoms with Gasteiger partial charge in [-0.3, -0.25) is 4.79 Å². The third-order valence-electron chi connectivity index (χ3n) is 3.88. The van der Waals surface area contributed by atoms with Gasteiger partial charge in [0.05, 0.1) is 26.9 Å². The Balaban J connectivity index is 1.97. The molecule has 5 nitrogen and oxygen atoms in total. The Morgan fingerprint density at radius 1 is 1.08 bits per heavy atom. The van der Waals surface area contributed by atoms with Crippen molar-refractivity contribution < 1.29 is 19.0 Å². The number of rotatable bonds is 8. The molecule has 5 heteroatoms. The molecule has 1 amide bonds. The zero-order chi connectivity index (χ0) is 18.9. The van der Waals surface area contributed by atoms with E-state index in [0.29, 0.717) is 18.1 Å². The van der Waals surface area contributed by atoms with E-state index in [2.05, 4.69) is 5.32 Å². The molecule has 2 rings (SSSR count). The van der Waals surface area contributed by atoms with Gasteiger partial charge in [0.25, 0.3) is 0 Å². The summed E-state index contributed by atoms with van der Waals surface area (Å²) in [5.74, 6) is 1.93. The van der Waals surface area contributed by atoms with Gasteiger partial charge in [0.2, 0.25) is 5.91 Å². The summed E-state index contributed by atoms with van der Waals surface area (Å²) in [6, 6.07) is 13.1. The maximum Gasteiger partial charge on any atom is 0.244 e. The first-order valence-electron chi connectivity index (χ1n) is 8.50. The molecular weight excluding hydrogens is 330 g/mol. The molecule has 0 heterocycles. The fraction of sp³-hybridized carbons (Fsp3) is 0.286. The number of benzene rings is 2. The van der Waals surface area contributed by atoms with E-state index in [1.165, 1.54) is 6.08 Å². The summed E-state index contributed by atoms with van der Waals surface area (Å²) in [7, 11) is 3.17. The molecule has 0 radical (unpaired) electrons. The zero-order valence-corrected chi connectivity index (χ0v) is 15.6. The number of hydrogen-bond acceptors (Lipinski definition) is 4. The molecule has 0 aliphatic rings. The van der Waals surface area contributed by atoms with Crippen molar-refractivity contribution in [3.8, 4) is 17.2 Å². The van der Waals surface area contributed by atoms with Crippen LogP contribution in [0.5, 0.6) is 17.2 Å². The van der Waals surface area contributed by atoms with Gasteiger partial charge < -0.3 is 19.5 Å². The summed E-state index contributed by atoms with van der Waals surface area (Å²) in [6.07, 6.45) is 3.24. The third kappa shape index (κ3) is 5.28. The van der Waals surface area contributed by atoms with Gasteiger partial charge in [-0.25, -0.2) is 0 Å². The minimum absolute atomic E-state index is 0.103. The highest BCUT2D eigenvalue weighted by molar-refractivity contribution is 5.92. The molecule has 138 valence electrons. The Morgan fingerprint density at radius 2 is 1.77 bits per heavy atom. The molecule has 0 bridgehead atoms. The molecule has 0 spiro atoms.